The Morgan fingerprint density at radius 3 is 2.61 bits per heavy atom. The van der Waals surface area contributed by atoms with Crippen molar-refractivity contribution in [1.29, 1.82) is 0 Å². The molecule has 0 heterocycles. The summed E-state index contributed by atoms with van der Waals surface area (Å²) in [5, 5.41) is 22.4. The first-order chi connectivity index (χ1) is 8.41. The minimum atomic E-state index is -1.66. The van der Waals surface area contributed by atoms with Crippen molar-refractivity contribution in [3.05, 3.63) is 28.2 Å². The zero-order valence-electron chi connectivity index (χ0n) is 8.98. The van der Waals surface area contributed by atoms with Crippen molar-refractivity contribution in [3.8, 4) is 0 Å². The monoisotopic (exact) mass is 292 g/mol. The van der Waals surface area contributed by atoms with Gasteiger partial charge in [0.1, 0.15) is 0 Å². The number of rotatable bonds is 4. The predicted molar refractivity (Wildman–Crippen MR) is 67.1 cm³/mol. The third-order valence-electron chi connectivity index (χ3n) is 1.94. The number of anilines is 1. The Hall–Kier alpha value is -1.50. The standard InChI is InChI=1S/C10H10Cl2N2O4/c11-5-2-1-3-6(8(5)12)14-10(18)13-4-7(15)9(16)17/h1-3,7,15H,4H2,(H,16,17)(H2,13,14,18). The van der Waals surface area contributed by atoms with E-state index in [1.165, 1.54) is 6.07 Å². The Balaban J connectivity index is 2.55. The van der Waals surface area contributed by atoms with E-state index in [0.717, 1.165) is 0 Å². The highest BCUT2D eigenvalue weighted by Crippen LogP contribution is 2.29. The van der Waals surface area contributed by atoms with Gasteiger partial charge in [-0.3, -0.25) is 0 Å². The van der Waals surface area contributed by atoms with Crippen LogP contribution >= 0.6 is 23.2 Å². The van der Waals surface area contributed by atoms with Crippen LogP contribution in [-0.4, -0.2) is 34.9 Å². The number of urea groups is 1. The number of hydrogen-bond acceptors (Lipinski definition) is 3. The summed E-state index contributed by atoms with van der Waals surface area (Å²) in [6.45, 7) is -0.417. The topological polar surface area (TPSA) is 98.7 Å². The summed E-state index contributed by atoms with van der Waals surface area (Å²) < 4.78 is 0. The van der Waals surface area contributed by atoms with Crippen LogP contribution in [0.15, 0.2) is 18.2 Å². The smallest absolute Gasteiger partial charge is 0.334 e. The van der Waals surface area contributed by atoms with Crippen molar-refractivity contribution >= 4 is 40.9 Å². The fourth-order valence-electron chi connectivity index (χ4n) is 1.04. The van der Waals surface area contributed by atoms with Gasteiger partial charge in [-0.25, -0.2) is 9.59 Å². The first-order valence-corrected chi connectivity index (χ1v) is 5.57. The Kier molecular flexibility index (Phi) is 5.21. The molecule has 8 heteroatoms. The Morgan fingerprint density at radius 2 is 2.00 bits per heavy atom. The zero-order valence-corrected chi connectivity index (χ0v) is 10.5. The normalized spacial score (nSPS) is 11.7. The molecule has 98 valence electrons. The summed E-state index contributed by atoms with van der Waals surface area (Å²) in [5.41, 5.74) is 0.284. The lowest BCUT2D eigenvalue weighted by atomic mass is 10.3. The Morgan fingerprint density at radius 1 is 1.33 bits per heavy atom. The number of carboxylic acid groups (broad SMARTS) is 1. The van der Waals surface area contributed by atoms with Crippen LogP contribution in [0.5, 0.6) is 0 Å². The molecule has 0 fully saturated rings. The summed E-state index contributed by atoms with van der Waals surface area (Å²) in [4.78, 5) is 21.7. The van der Waals surface area contributed by atoms with Crippen LogP contribution in [0.4, 0.5) is 10.5 Å². The second-order valence-electron chi connectivity index (χ2n) is 3.29. The van der Waals surface area contributed by atoms with E-state index in [9.17, 15) is 9.59 Å². The van der Waals surface area contributed by atoms with E-state index in [1.54, 1.807) is 12.1 Å². The summed E-state index contributed by atoms with van der Waals surface area (Å²) in [7, 11) is 0. The molecule has 1 atom stereocenters. The molecule has 0 saturated carbocycles. The zero-order chi connectivity index (χ0) is 13.7. The summed E-state index contributed by atoms with van der Waals surface area (Å²) in [6.07, 6.45) is -1.66. The Bertz CT molecular complexity index is 467. The number of benzene rings is 1. The molecule has 1 aromatic rings. The molecule has 18 heavy (non-hydrogen) atoms. The van der Waals surface area contributed by atoms with E-state index >= 15 is 0 Å². The number of amides is 2. The molecule has 1 unspecified atom stereocenters. The first kappa shape index (κ1) is 14.6. The van der Waals surface area contributed by atoms with Gasteiger partial charge in [0.15, 0.2) is 6.10 Å². The van der Waals surface area contributed by atoms with Gasteiger partial charge in [-0.1, -0.05) is 29.3 Å². The van der Waals surface area contributed by atoms with E-state index < -0.39 is 24.6 Å². The van der Waals surface area contributed by atoms with Crippen molar-refractivity contribution < 1.29 is 19.8 Å². The van der Waals surface area contributed by atoms with E-state index in [-0.39, 0.29) is 15.7 Å². The van der Waals surface area contributed by atoms with Gasteiger partial charge in [-0.05, 0) is 12.1 Å². The molecule has 1 rings (SSSR count). The Labute approximate surface area is 113 Å². The molecule has 6 nitrogen and oxygen atoms in total. The van der Waals surface area contributed by atoms with Crippen molar-refractivity contribution in [1.82, 2.24) is 5.32 Å². The highest BCUT2D eigenvalue weighted by atomic mass is 35.5. The molecular weight excluding hydrogens is 283 g/mol. The summed E-state index contributed by atoms with van der Waals surface area (Å²) >= 11 is 11.6. The van der Waals surface area contributed by atoms with Crippen LogP contribution in [0.3, 0.4) is 0 Å². The lowest BCUT2D eigenvalue weighted by Crippen LogP contribution is -2.38. The number of aliphatic hydroxyl groups excluding tert-OH is 1. The number of nitrogens with one attached hydrogen (secondary N) is 2. The molecule has 1 aromatic carbocycles. The van der Waals surface area contributed by atoms with Crippen molar-refractivity contribution in [2.75, 3.05) is 11.9 Å². The van der Waals surface area contributed by atoms with Crippen molar-refractivity contribution in [2.24, 2.45) is 0 Å². The number of aliphatic hydroxyl groups is 1. The third kappa shape index (κ3) is 4.06. The van der Waals surface area contributed by atoms with Crippen LogP contribution in [0, 0.1) is 0 Å². The lowest BCUT2D eigenvalue weighted by molar-refractivity contribution is -0.146. The minimum absolute atomic E-state index is 0.174. The SMILES string of the molecule is O=C(NCC(O)C(=O)O)Nc1cccc(Cl)c1Cl. The van der Waals surface area contributed by atoms with Gasteiger partial charge in [0.25, 0.3) is 0 Å². The first-order valence-electron chi connectivity index (χ1n) is 4.81. The van der Waals surface area contributed by atoms with E-state index in [1.807, 2.05) is 0 Å². The van der Waals surface area contributed by atoms with Gasteiger partial charge in [-0.2, -0.15) is 0 Å². The molecule has 0 bridgehead atoms. The highest BCUT2D eigenvalue weighted by molar-refractivity contribution is 6.43. The number of carbonyl (C=O) groups is 2. The molecule has 0 saturated heterocycles. The van der Waals surface area contributed by atoms with Gasteiger partial charge < -0.3 is 20.8 Å². The maximum absolute atomic E-state index is 11.4. The van der Waals surface area contributed by atoms with Crippen LogP contribution in [-0.2, 0) is 4.79 Å². The average molecular weight is 293 g/mol. The number of hydrogen-bond donors (Lipinski definition) is 4. The molecule has 4 N–H and O–H groups in total. The van der Waals surface area contributed by atoms with Gasteiger partial charge in [0.05, 0.1) is 22.3 Å². The minimum Gasteiger partial charge on any atom is -0.479 e. The molecule has 0 aliphatic rings. The van der Waals surface area contributed by atoms with Crippen LogP contribution in [0.1, 0.15) is 0 Å². The quantitative estimate of drug-likeness (QED) is 0.677. The molecule has 0 spiro atoms. The lowest BCUT2D eigenvalue weighted by Gasteiger charge is -2.10. The molecule has 2 amide bonds. The third-order valence-corrected chi connectivity index (χ3v) is 2.76. The molecule has 0 radical (unpaired) electrons. The summed E-state index contributed by atoms with van der Waals surface area (Å²) in [6, 6.07) is 3.98. The van der Waals surface area contributed by atoms with Crippen LogP contribution in [0.2, 0.25) is 10.0 Å². The summed E-state index contributed by atoms with van der Waals surface area (Å²) in [5.74, 6) is -1.42. The second kappa shape index (κ2) is 6.44. The van der Waals surface area contributed by atoms with Gasteiger partial charge >= 0.3 is 12.0 Å². The molecule has 0 aliphatic heterocycles. The van der Waals surface area contributed by atoms with Gasteiger partial charge in [-0.15, -0.1) is 0 Å². The number of halogens is 2. The van der Waals surface area contributed by atoms with E-state index in [2.05, 4.69) is 10.6 Å². The van der Waals surface area contributed by atoms with Gasteiger partial charge in [0.2, 0.25) is 0 Å². The van der Waals surface area contributed by atoms with Crippen LogP contribution < -0.4 is 10.6 Å². The number of carbonyl (C=O) groups excluding carboxylic acids is 1. The van der Waals surface area contributed by atoms with Crippen LogP contribution in [0.25, 0.3) is 0 Å². The van der Waals surface area contributed by atoms with Gasteiger partial charge in [0, 0.05) is 0 Å². The van der Waals surface area contributed by atoms with Crippen molar-refractivity contribution in [3.63, 3.8) is 0 Å². The highest BCUT2D eigenvalue weighted by Gasteiger charge is 2.14. The molecule has 0 aliphatic carbocycles. The predicted octanol–water partition coefficient (Wildman–Crippen LogP) is 1.56. The number of carboxylic acids is 1. The maximum atomic E-state index is 11.4. The molecular formula is C10H10Cl2N2O4. The largest absolute Gasteiger partial charge is 0.479 e. The fraction of sp³-hybridized carbons (Fsp3) is 0.200. The average Bonchev–Trinajstić information content (AvgIpc) is 2.32. The second-order valence-corrected chi connectivity index (χ2v) is 4.08. The molecule has 0 aromatic heterocycles. The van der Waals surface area contributed by atoms with E-state index in [4.69, 9.17) is 33.4 Å². The fourth-order valence-corrected chi connectivity index (χ4v) is 1.39. The van der Waals surface area contributed by atoms with E-state index in [0.29, 0.717) is 0 Å². The number of aliphatic carboxylic acids is 1. The van der Waals surface area contributed by atoms with Crippen molar-refractivity contribution in [2.45, 2.75) is 6.10 Å². The maximum Gasteiger partial charge on any atom is 0.334 e.